The van der Waals surface area contributed by atoms with Crippen molar-refractivity contribution in [2.45, 2.75) is 50.5 Å². The topological polar surface area (TPSA) is 72.2 Å². The van der Waals surface area contributed by atoms with E-state index in [9.17, 15) is 8.42 Å². The Kier molecular flexibility index (Phi) is 4.16. The Hall–Kier alpha value is -1.07. The monoisotopic (exact) mass is 282 g/mol. The maximum atomic E-state index is 12.3. The summed E-state index contributed by atoms with van der Waals surface area (Å²) in [5, 5.41) is 0. The van der Waals surface area contributed by atoms with Crippen LogP contribution in [0.15, 0.2) is 23.1 Å². The van der Waals surface area contributed by atoms with Crippen LogP contribution in [0.4, 0.5) is 5.69 Å². The predicted molar refractivity (Wildman–Crippen MR) is 77.3 cm³/mol. The van der Waals surface area contributed by atoms with Crippen LogP contribution in [-0.4, -0.2) is 14.5 Å². The number of anilines is 1. The fraction of sp³-hybridized carbons (Fsp3) is 0.571. The number of nitrogens with one attached hydrogen (secondary N) is 1. The van der Waals surface area contributed by atoms with E-state index < -0.39 is 10.0 Å². The molecule has 1 aromatic rings. The number of hydrogen-bond donors (Lipinski definition) is 2. The average molecular weight is 282 g/mol. The first-order valence-corrected chi connectivity index (χ1v) is 8.27. The molecule has 4 nitrogen and oxygen atoms in total. The molecule has 3 N–H and O–H groups in total. The van der Waals surface area contributed by atoms with E-state index in [4.69, 9.17) is 5.73 Å². The highest BCUT2D eigenvalue weighted by Gasteiger charge is 2.26. The number of hydrogen-bond acceptors (Lipinski definition) is 3. The lowest BCUT2D eigenvalue weighted by molar-refractivity contribution is 0.310. The summed E-state index contributed by atoms with van der Waals surface area (Å²) in [5.74, 6) is 0.395. The molecule has 106 valence electrons. The number of benzene rings is 1. The molecule has 5 heteroatoms. The summed E-state index contributed by atoms with van der Waals surface area (Å²) in [6.45, 7) is 3.97. The summed E-state index contributed by atoms with van der Waals surface area (Å²) >= 11 is 0. The van der Waals surface area contributed by atoms with Crippen LogP contribution in [0.3, 0.4) is 0 Å². The van der Waals surface area contributed by atoms with Crippen molar-refractivity contribution in [3.63, 3.8) is 0 Å². The van der Waals surface area contributed by atoms with E-state index >= 15 is 0 Å². The summed E-state index contributed by atoms with van der Waals surface area (Å²) in [6.07, 6.45) is 4.29. The highest BCUT2D eigenvalue weighted by atomic mass is 32.2. The smallest absolute Gasteiger partial charge is 0.240 e. The summed E-state index contributed by atoms with van der Waals surface area (Å²) in [7, 11) is -3.46. The molecule has 2 rings (SSSR count). The van der Waals surface area contributed by atoms with E-state index in [1.165, 1.54) is 12.5 Å². The van der Waals surface area contributed by atoms with Gasteiger partial charge in [-0.25, -0.2) is 13.1 Å². The molecule has 0 amide bonds. The van der Waals surface area contributed by atoms with Crippen molar-refractivity contribution in [2.24, 2.45) is 5.92 Å². The molecular weight excluding hydrogens is 260 g/mol. The molecule has 1 aliphatic rings. The van der Waals surface area contributed by atoms with Crippen LogP contribution in [-0.2, 0) is 10.0 Å². The number of rotatable bonds is 3. The molecular formula is C14H22N2O2S. The van der Waals surface area contributed by atoms with Crippen molar-refractivity contribution in [2.75, 3.05) is 5.73 Å². The molecule has 1 aliphatic carbocycles. The van der Waals surface area contributed by atoms with E-state index in [1.54, 1.807) is 12.1 Å². The van der Waals surface area contributed by atoms with E-state index in [0.717, 1.165) is 24.8 Å². The maximum Gasteiger partial charge on any atom is 0.240 e. The summed E-state index contributed by atoms with van der Waals surface area (Å²) in [4.78, 5) is 0.258. The van der Waals surface area contributed by atoms with Crippen LogP contribution >= 0.6 is 0 Å². The fourth-order valence-corrected chi connectivity index (χ4v) is 3.96. The summed E-state index contributed by atoms with van der Waals surface area (Å²) in [5.41, 5.74) is 7.19. The first kappa shape index (κ1) is 14.3. The van der Waals surface area contributed by atoms with Crippen molar-refractivity contribution < 1.29 is 8.42 Å². The highest BCUT2D eigenvalue weighted by molar-refractivity contribution is 7.89. The van der Waals surface area contributed by atoms with Crippen molar-refractivity contribution in [3.8, 4) is 0 Å². The van der Waals surface area contributed by atoms with Crippen molar-refractivity contribution in [3.05, 3.63) is 23.8 Å². The molecule has 1 aromatic carbocycles. The van der Waals surface area contributed by atoms with Gasteiger partial charge in [0.05, 0.1) is 4.90 Å². The molecule has 0 aromatic heterocycles. The van der Waals surface area contributed by atoms with E-state index in [2.05, 4.69) is 11.6 Å². The lowest BCUT2D eigenvalue weighted by Gasteiger charge is -2.29. The highest BCUT2D eigenvalue weighted by Crippen LogP contribution is 2.26. The Morgan fingerprint density at radius 1 is 1.26 bits per heavy atom. The van der Waals surface area contributed by atoms with Crippen molar-refractivity contribution in [1.29, 1.82) is 0 Å². The van der Waals surface area contributed by atoms with E-state index in [0.29, 0.717) is 11.6 Å². The molecule has 0 saturated heterocycles. The molecule has 2 atom stereocenters. The Labute approximate surface area is 115 Å². The maximum absolute atomic E-state index is 12.3. The van der Waals surface area contributed by atoms with Gasteiger partial charge in [-0.1, -0.05) is 25.8 Å². The summed E-state index contributed by atoms with van der Waals surface area (Å²) in [6, 6.07) is 4.93. The lowest BCUT2D eigenvalue weighted by Crippen LogP contribution is -2.40. The van der Waals surface area contributed by atoms with Crippen LogP contribution in [0, 0.1) is 12.8 Å². The Morgan fingerprint density at radius 2 is 1.95 bits per heavy atom. The molecule has 0 heterocycles. The van der Waals surface area contributed by atoms with Gasteiger partial charge in [0.1, 0.15) is 0 Å². The van der Waals surface area contributed by atoms with E-state index in [1.807, 2.05) is 6.92 Å². The van der Waals surface area contributed by atoms with Gasteiger partial charge in [-0.05, 0) is 43.4 Å². The Balaban J connectivity index is 2.19. The molecule has 0 aliphatic heterocycles. The molecule has 19 heavy (non-hydrogen) atoms. The Morgan fingerprint density at radius 3 is 2.58 bits per heavy atom. The third-order valence-electron chi connectivity index (χ3n) is 3.98. The number of sulfonamides is 1. The number of nitrogen functional groups attached to an aromatic ring is 1. The van der Waals surface area contributed by atoms with Gasteiger partial charge < -0.3 is 5.73 Å². The molecule has 1 fully saturated rings. The zero-order chi connectivity index (χ0) is 14.0. The normalized spacial score (nSPS) is 24.3. The molecule has 0 radical (unpaired) electrons. The van der Waals surface area contributed by atoms with Gasteiger partial charge in [-0.2, -0.15) is 0 Å². The second-order valence-electron chi connectivity index (χ2n) is 5.51. The second kappa shape index (κ2) is 5.51. The predicted octanol–water partition coefficient (Wildman–Crippen LogP) is 2.43. The fourth-order valence-electron chi connectivity index (χ4n) is 2.54. The van der Waals surface area contributed by atoms with Gasteiger partial charge in [-0.15, -0.1) is 0 Å². The van der Waals surface area contributed by atoms with Crippen LogP contribution in [0.25, 0.3) is 0 Å². The van der Waals surface area contributed by atoms with Crippen LogP contribution in [0.2, 0.25) is 0 Å². The van der Waals surface area contributed by atoms with E-state index in [-0.39, 0.29) is 10.9 Å². The second-order valence-corrected chi connectivity index (χ2v) is 7.22. The zero-order valence-electron chi connectivity index (χ0n) is 11.5. The quantitative estimate of drug-likeness (QED) is 0.836. The Bertz CT molecular complexity index is 555. The minimum atomic E-state index is -3.46. The SMILES string of the molecule is Cc1ccc(S(=O)(=O)NC2CCCCC2C)cc1N. The third kappa shape index (κ3) is 3.28. The minimum Gasteiger partial charge on any atom is -0.398 e. The number of nitrogens with two attached hydrogens (primary N) is 1. The minimum absolute atomic E-state index is 0.0428. The van der Waals surface area contributed by atoms with Crippen molar-refractivity contribution in [1.82, 2.24) is 4.72 Å². The first-order valence-electron chi connectivity index (χ1n) is 6.78. The van der Waals surface area contributed by atoms with Gasteiger partial charge in [0.15, 0.2) is 0 Å². The summed E-state index contributed by atoms with van der Waals surface area (Å²) < 4.78 is 27.5. The standard InChI is InChI=1S/C14H22N2O2S/c1-10-7-8-12(9-13(10)15)19(17,18)16-14-6-4-3-5-11(14)2/h7-9,11,14,16H,3-6,15H2,1-2H3. The molecule has 0 spiro atoms. The largest absolute Gasteiger partial charge is 0.398 e. The van der Waals surface area contributed by atoms with Gasteiger partial charge in [0.25, 0.3) is 0 Å². The van der Waals surface area contributed by atoms with Crippen LogP contribution in [0.1, 0.15) is 38.2 Å². The number of aryl methyl sites for hydroxylation is 1. The van der Waals surface area contributed by atoms with Gasteiger partial charge >= 0.3 is 0 Å². The van der Waals surface area contributed by atoms with Crippen molar-refractivity contribution >= 4 is 15.7 Å². The van der Waals surface area contributed by atoms with Gasteiger partial charge in [-0.3, -0.25) is 0 Å². The average Bonchev–Trinajstić information content (AvgIpc) is 2.35. The lowest BCUT2D eigenvalue weighted by atomic mass is 9.87. The molecule has 2 unspecified atom stereocenters. The molecule has 1 saturated carbocycles. The van der Waals surface area contributed by atoms with Crippen LogP contribution < -0.4 is 10.5 Å². The van der Waals surface area contributed by atoms with Gasteiger partial charge in [0, 0.05) is 11.7 Å². The molecule has 0 bridgehead atoms. The zero-order valence-corrected chi connectivity index (χ0v) is 12.3. The van der Waals surface area contributed by atoms with Gasteiger partial charge in [0.2, 0.25) is 10.0 Å². The third-order valence-corrected chi connectivity index (χ3v) is 5.47. The first-order chi connectivity index (χ1) is 8.90. The van der Waals surface area contributed by atoms with Crippen LogP contribution in [0.5, 0.6) is 0 Å².